The van der Waals surface area contributed by atoms with Crippen molar-refractivity contribution in [3.05, 3.63) is 23.1 Å². The van der Waals surface area contributed by atoms with E-state index in [1.807, 2.05) is 0 Å². The maximum absolute atomic E-state index is 11.5. The Morgan fingerprint density at radius 2 is 2.44 bits per heavy atom. The zero-order valence-corrected chi connectivity index (χ0v) is 10.3. The van der Waals surface area contributed by atoms with Crippen molar-refractivity contribution in [2.75, 3.05) is 20.3 Å². The van der Waals surface area contributed by atoms with Gasteiger partial charge in [-0.15, -0.1) is 11.6 Å². The van der Waals surface area contributed by atoms with Gasteiger partial charge in [0.25, 0.3) is 5.91 Å². The maximum Gasteiger partial charge on any atom is 0.256 e. The molecule has 0 saturated carbocycles. The van der Waals surface area contributed by atoms with Crippen molar-refractivity contribution in [1.29, 1.82) is 0 Å². The van der Waals surface area contributed by atoms with E-state index in [0.717, 1.165) is 0 Å². The molecule has 0 aromatic carbocycles. The molecule has 6 heteroatoms. The molecule has 0 radical (unpaired) electrons. The summed E-state index contributed by atoms with van der Waals surface area (Å²) < 4.78 is 9.68. The third-order valence-electron chi connectivity index (χ3n) is 1.95. The van der Waals surface area contributed by atoms with Crippen LogP contribution in [0.2, 0.25) is 5.22 Å². The molecule has 0 fully saturated rings. The highest BCUT2D eigenvalue weighted by Crippen LogP contribution is 2.16. The second-order valence-electron chi connectivity index (χ2n) is 3.21. The summed E-state index contributed by atoms with van der Waals surface area (Å²) in [5.74, 6) is -0.264. The van der Waals surface area contributed by atoms with Crippen LogP contribution in [0, 0.1) is 0 Å². The second-order valence-corrected chi connectivity index (χ2v) is 4.17. The zero-order valence-electron chi connectivity index (χ0n) is 8.83. The van der Waals surface area contributed by atoms with Gasteiger partial charge in [0, 0.05) is 13.7 Å². The highest BCUT2D eigenvalue weighted by atomic mass is 35.5. The molecule has 1 atom stereocenters. The lowest BCUT2D eigenvalue weighted by molar-refractivity contribution is 0.0951. The standard InChI is InChI=1S/C10H13Cl2NO3/c1-15-6-7(11)2-4-13-10(14)8-3-5-16-9(8)12/h3,5,7H,2,4,6H2,1H3,(H,13,14). The molecular formula is C10H13Cl2NO3. The molecule has 1 unspecified atom stereocenters. The van der Waals surface area contributed by atoms with Crippen LogP contribution in [0.3, 0.4) is 0 Å². The van der Waals surface area contributed by atoms with Crippen LogP contribution in [-0.4, -0.2) is 31.5 Å². The Hall–Kier alpha value is -0.710. The lowest BCUT2D eigenvalue weighted by Gasteiger charge is -2.08. The van der Waals surface area contributed by atoms with Gasteiger partial charge in [-0.2, -0.15) is 0 Å². The van der Waals surface area contributed by atoms with E-state index in [1.54, 1.807) is 7.11 Å². The van der Waals surface area contributed by atoms with Crippen LogP contribution in [0.4, 0.5) is 0 Å². The van der Waals surface area contributed by atoms with E-state index in [4.69, 9.17) is 32.4 Å². The molecule has 4 nitrogen and oxygen atoms in total. The van der Waals surface area contributed by atoms with Crippen molar-refractivity contribution in [3.8, 4) is 0 Å². The molecule has 1 aromatic heterocycles. The molecule has 1 rings (SSSR count). The molecule has 1 aromatic rings. The molecule has 0 aliphatic carbocycles. The molecule has 0 spiro atoms. The number of nitrogens with one attached hydrogen (secondary N) is 1. The molecule has 90 valence electrons. The molecule has 0 aliphatic heterocycles. The van der Waals surface area contributed by atoms with Gasteiger partial charge in [0.15, 0.2) is 0 Å². The maximum atomic E-state index is 11.5. The van der Waals surface area contributed by atoms with Gasteiger partial charge in [0.1, 0.15) is 0 Å². The fourth-order valence-corrected chi connectivity index (χ4v) is 1.59. The third kappa shape index (κ3) is 4.04. The van der Waals surface area contributed by atoms with Gasteiger partial charge in [-0.05, 0) is 24.1 Å². The minimum atomic E-state index is -0.264. The molecule has 1 N–H and O–H groups in total. The fourth-order valence-electron chi connectivity index (χ4n) is 1.16. The Labute approximate surface area is 104 Å². The first-order chi connectivity index (χ1) is 7.65. The SMILES string of the molecule is COCC(Cl)CCNC(=O)c1ccoc1Cl. The van der Waals surface area contributed by atoms with Crippen molar-refractivity contribution < 1.29 is 13.9 Å². The summed E-state index contributed by atoms with van der Waals surface area (Å²) in [6.07, 6.45) is 2.00. The predicted octanol–water partition coefficient (Wildman–Crippen LogP) is 2.31. The molecule has 16 heavy (non-hydrogen) atoms. The van der Waals surface area contributed by atoms with Crippen LogP contribution in [0.5, 0.6) is 0 Å². The highest BCUT2D eigenvalue weighted by Gasteiger charge is 2.12. The zero-order chi connectivity index (χ0) is 12.0. The summed E-state index contributed by atoms with van der Waals surface area (Å²) in [5.41, 5.74) is 0.333. The predicted molar refractivity (Wildman–Crippen MR) is 62.2 cm³/mol. The van der Waals surface area contributed by atoms with Crippen LogP contribution in [0.25, 0.3) is 0 Å². The molecule has 0 saturated heterocycles. The van der Waals surface area contributed by atoms with E-state index < -0.39 is 0 Å². The Bertz CT molecular complexity index is 341. The number of halogens is 2. The average molecular weight is 266 g/mol. The third-order valence-corrected chi connectivity index (χ3v) is 2.59. The van der Waals surface area contributed by atoms with E-state index in [1.165, 1.54) is 12.3 Å². The minimum Gasteiger partial charge on any atom is -0.452 e. The lowest BCUT2D eigenvalue weighted by atomic mass is 10.3. The van der Waals surface area contributed by atoms with Gasteiger partial charge in [-0.1, -0.05) is 0 Å². The number of amides is 1. The summed E-state index contributed by atoms with van der Waals surface area (Å²) in [4.78, 5) is 11.5. The fraction of sp³-hybridized carbons (Fsp3) is 0.500. The van der Waals surface area contributed by atoms with Crippen LogP contribution in [0.1, 0.15) is 16.8 Å². The van der Waals surface area contributed by atoms with E-state index in [-0.39, 0.29) is 16.5 Å². The number of hydrogen-bond donors (Lipinski definition) is 1. The Morgan fingerprint density at radius 3 is 3.00 bits per heavy atom. The summed E-state index contributed by atoms with van der Waals surface area (Å²) >= 11 is 11.6. The smallest absolute Gasteiger partial charge is 0.256 e. The first-order valence-electron chi connectivity index (χ1n) is 4.79. The Balaban J connectivity index is 2.29. The quantitative estimate of drug-likeness (QED) is 0.804. The number of furan rings is 1. The average Bonchev–Trinajstić information content (AvgIpc) is 2.64. The topological polar surface area (TPSA) is 51.5 Å². The van der Waals surface area contributed by atoms with Crippen molar-refractivity contribution in [3.63, 3.8) is 0 Å². The Kier molecular flexibility index (Phi) is 5.66. The van der Waals surface area contributed by atoms with Crippen molar-refractivity contribution >= 4 is 29.1 Å². The van der Waals surface area contributed by atoms with Gasteiger partial charge >= 0.3 is 0 Å². The van der Waals surface area contributed by atoms with Crippen LogP contribution >= 0.6 is 23.2 Å². The molecular weight excluding hydrogens is 253 g/mol. The van der Waals surface area contributed by atoms with Crippen LogP contribution < -0.4 is 5.32 Å². The number of alkyl halides is 1. The summed E-state index contributed by atoms with van der Waals surface area (Å²) in [6, 6.07) is 1.52. The largest absolute Gasteiger partial charge is 0.452 e. The number of methoxy groups -OCH3 is 1. The molecule has 0 aliphatic rings. The molecule has 1 heterocycles. The van der Waals surface area contributed by atoms with Gasteiger partial charge in [0.2, 0.25) is 5.22 Å². The summed E-state index contributed by atoms with van der Waals surface area (Å²) in [6.45, 7) is 0.932. The van der Waals surface area contributed by atoms with Crippen molar-refractivity contribution in [2.24, 2.45) is 0 Å². The summed E-state index contributed by atoms with van der Waals surface area (Å²) in [5, 5.41) is 2.68. The van der Waals surface area contributed by atoms with E-state index in [0.29, 0.717) is 25.1 Å². The van der Waals surface area contributed by atoms with E-state index in [2.05, 4.69) is 5.32 Å². The minimum absolute atomic E-state index is 0.0943. The summed E-state index contributed by atoms with van der Waals surface area (Å²) in [7, 11) is 1.58. The van der Waals surface area contributed by atoms with Gasteiger partial charge < -0.3 is 14.5 Å². The first-order valence-corrected chi connectivity index (χ1v) is 5.60. The Morgan fingerprint density at radius 1 is 1.69 bits per heavy atom. The van der Waals surface area contributed by atoms with Gasteiger partial charge in [0.05, 0.1) is 23.8 Å². The second kappa shape index (κ2) is 6.78. The van der Waals surface area contributed by atoms with Crippen molar-refractivity contribution in [1.82, 2.24) is 5.32 Å². The van der Waals surface area contributed by atoms with Crippen LogP contribution in [-0.2, 0) is 4.74 Å². The number of hydrogen-bond acceptors (Lipinski definition) is 3. The normalized spacial score (nSPS) is 12.4. The number of rotatable bonds is 6. The molecule has 1 amide bonds. The van der Waals surface area contributed by atoms with E-state index in [9.17, 15) is 4.79 Å². The van der Waals surface area contributed by atoms with Gasteiger partial charge in [-0.25, -0.2) is 0 Å². The number of ether oxygens (including phenoxy) is 1. The monoisotopic (exact) mass is 265 g/mol. The van der Waals surface area contributed by atoms with Crippen molar-refractivity contribution in [2.45, 2.75) is 11.8 Å². The highest BCUT2D eigenvalue weighted by molar-refractivity contribution is 6.32. The number of carbonyl (C=O) groups is 1. The number of carbonyl (C=O) groups excluding carboxylic acids is 1. The van der Waals surface area contributed by atoms with Crippen LogP contribution in [0.15, 0.2) is 16.7 Å². The molecule has 0 bridgehead atoms. The first kappa shape index (κ1) is 13.4. The van der Waals surface area contributed by atoms with Gasteiger partial charge in [-0.3, -0.25) is 4.79 Å². The van der Waals surface area contributed by atoms with E-state index >= 15 is 0 Å². The lowest BCUT2D eigenvalue weighted by Crippen LogP contribution is -2.26.